The normalized spacial score (nSPS) is 41.1. The van der Waals surface area contributed by atoms with Crippen molar-refractivity contribution in [2.45, 2.75) is 44.1 Å². The second kappa shape index (κ2) is 3.88. The van der Waals surface area contributed by atoms with Crippen LogP contribution in [-0.4, -0.2) is 13.2 Å². The molecule has 2 nitrogen and oxygen atoms in total. The fraction of sp³-hybridized carbons (Fsp3) is 0.556. The molecule has 20 heavy (non-hydrogen) atoms. The van der Waals surface area contributed by atoms with E-state index in [1.165, 1.54) is 30.4 Å². The van der Waals surface area contributed by atoms with Gasteiger partial charge in [0.1, 0.15) is 5.75 Å². The molecule has 0 aromatic heterocycles. The van der Waals surface area contributed by atoms with E-state index >= 15 is 0 Å². The first kappa shape index (κ1) is 12.5. The molecule has 0 aliphatic heterocycles. The fourth-order valence-corrected chi connectivity index (χ4v) is 5.09. The van der Waals surface area contributed by atoms with E-state index in [9.17, 15) is 0 Å². The lowest BCUT2D eigenvalue weighted by molar-refractivity contribution is 0.0672. The van der Waals surface area contributed by atoms with Gasteiger partial charge in [-0.25, -0.2) is 0 Å². The Morgan fingerprint density at radius 3 is 2.95 bits per heavy atom. The Kier molecular flexibility index (Phi) is 2.42. The first-order chi connectivity index (χ1) is 9.61. The van der Waals surface area contributed by atoms with Crippen LogP contribution in [-0.2, 0) is 11.8 Å². The highest BCUT2D eigenvalue weighted by Crippen LogP contribution is 2.62. The molecule has 2 heteroatoms. The predicted octanol–water partition coefficient (Wildman–Crippen LogP) is 3.19. The second-order valence-electron chi connectivity index (χ2n) is 6.98. The molecule has 4 atom stereocenters. The lowest BCUT2D eigenvalue weighted by Crippen LogP contribution is -2.59. The van der Waals surface area contributed by atoms with Gasteiger partial charge in [0.2, 0.25) is 0 Å². The van der Waals surface area contributed by atoms with Gasteiger partial charge in [-0.2, -0.15) is 0 Å². The Morgan fingerprint density at radius 2 is 2.15 bits per heavy atom. The van der Waals surface area contributed by atoms with Crippen LogP contribution in [0.5, 0.6) is 5.75 Å². The second-order valence-corrected chi connectivity index (χ2v) is 6.98. The van der Waals surface area contributed by atoms with E-state index in [1.54, 1.807) is 7.11 Å². The smallest absolute Gasteiger partial charge is 0.119 e. The number of benzene rings is 1. The van der Waals surface area contributed by atoms with Gasteiger partial charge in [-0.3, -0.25) is 0 Å². The summed E-state index contributed by atoms with van der Waals surface area (Å²) in [6, 6.07) is 6.90. The maximum Gasteiger partial charge on any atom is 0.119 e. The number of nitrogens with two attached hydrogens (primary N) is 1. The molecule has 0 radical (unpaired) electrons. The van der Waals surface area contributed by atoms with E-state index < -0.39 is 0 Å². The molecule has 1 saturated carbocycles. The van der Waals surface area contributed by atoms with Crippen LogP contribution in [0.25, 0.3) is 0 Å². The monoisotopic (exact) mass is 269 g/mol. The van der Waals surface area contributed by atoms with E-state index in [4.69, 9.17) is 10.5 Å². The van der Waals surface area contributed by atoms with Crippen LogP contribution >= 0.6 is 0 Å². The summed E-state index contributed by atoms with van der Waals surface area (Å²) in [5, 5.41) is 0. The van der Waals surface area contributed by atoms with Crippen molar-refractivity contribution in [3.63, 3.8) is 0 Å². The van der Waals surface area contributed by atoms with Crippen molar-refractivity contribution < 1.29 is 4.74 Å². The summed E-state index contributed by atoms with van der Waals surface area (Å²) >= 11 is 0. The van der Waals surface area contributed by atoms with E-state index in [0.29, 0.717) is 12.0 Å². The maximum absolute atomic E-state index is 6.65. The zero-order valence-corrected chi connectivity index (χ0v) is 12.4. The number of ether oxygens (including phenoxy) is 1. The minimum atomic E-state index is 0.162. The van der Waals surface area contributed by atoms with Crippen LogP contribution < -0.4 is 10.5 Å². The standard InChI is InChI=1S/C18H23NO/c1-17-8-5-13-7-10-18(17,16(13)19)9-6-12-3-4-14(20-2)11-15(12)17/h3-4,7,10-11,13,16H,5-6,8-9,19H2,1-2H3/t13-,16?,17+,18+/m1/s1. The molecule has 0 amide bonds. The first-order valence-electron chi connectivity index (χ1n) is 7.73. The van der Waals surface area contributed by atoms with Crippen LogP contribution in [0.3, 0.4) is 0 Å². The summed E-state index contributed by atoms with van der Waals surface area (Å²) in [6.45, 7) is 2.43. The number of hydrogen-bond acceptors (Lipinski definition) is 2. The molecular formula is C18H23NO. The van der Waals surface area contributed by atoms with Gasteiger partial charge in [0.25, 0.3) is 0 Å². The van der Waals surface area contributed by atoms with Gasteiger partial charge in [0.15, 0.2) is 0 Å². The summed E-state index contributed by atoms with van der Waals surface area (Å²) in [6.07, 6.45) is 9.63. The van der Waals surface area contributed by atoms with Crippen molar-refractivity contribution in [2.24, 2.45) is 17.1 Å². The highest BCUT2D eigenvalue weighted by atomic mass is 16.5. The molecule has 1 spiro atoms. The molecule has 4 rings (SSSR count). The number of rotatable bonds is 1. The van der Waals surface area contributed by atoms with E-state index in [0.717, 1.165) is 12.2 Å². The molecule has 106 valence electrons. The maximum atomic E-state index is 6.65. The topological polar surface area (TPSA) is 35.2 Å². The van der Waals surface area contributed by atoms with Gasteiger partial charge >= 0.3 is 0 Å². The van der Waals surface area contributed by atoms with Gasteiger partial charge in [-0.15, -0.1) is 0 Å². The van der Waals surface area contributed by atoms with Crippen LogP contribution in [0.15, 0.2) is 30.4 Å². The quantitative estimate of drug-likeness (QED) is 0.795. The van der Waals surface area contributed by atoms with E-state index in [2.05, 4.69) is 37.3 Å². The average Bonchev–Trinajstić information content (AvgIpc) is 2.69. The lowest BCUT2D eigenvalue weighted by Gasteiger charge is -2.56. The van der Waals surface area contributed by atoms with Crippen molar-refractivity contribution in [3.8, 4) is 5.75 Å². The Hall–Kier alpha value is -1.28. The third-order valence-corrected chi connectivity index (χ3v) is 6.42. The molecule has 3 aliphatic carbocycles. The SMILES string of the molecule is COc1ccc2c(c1)[C@]1(C)CC[C@@H]3C=C[C@@]1(CC2)C3N. The fourth-order valence-electron chi connectivity index (χ4n) is 5.09. The largest absolute Gasteiger partial charge is 0.497 e. The lowest BCUT2D eigenvalue weighted by atomic mass is 9.48. The van der Waals surface area contributed by atoms with Crippen molar-refractivity contribution >= 4 is 0 Å². The zero-order chi connectivity index (χ0) is 14.0. The number of fused-ring (bicyclic) bond motifs is 3. The van der Waals surface area contributed by atoms with Crippen LogP contribution in [0, 0.1) is 11.3 Å². The predicted molar refractivity (Wildman–Crippen MR) is 80.9 cm³/mol. The van der Waals surface area contributed by atoms with Crippen molar-refractivity contribution in [2.75, 3.05) is 7.11 Å². The minimum Gasteiger partial charge on any atom is -0.497 e. The summed E-state index contributed by atoms with van der Waals surface area (Å²) in [5.74, 6) is 1.56. The minimum absolute atomic E-state index is 0.162. The molecule has 2 bridgehead atoms. The summed E-state index contributed by atoms with van der Waals surface area (Å²) < 4.78 is 5.46. The van der Waals surface area contributed by atoms with Crippen molar-refractivity contribution in [3.05, 3.63) is 41.5 Å². The molecular weight excluding hydrogens is 246 g/mol. The highest BCUT2D eigenvalue weighted by Gasteiger charge is 2.59. The molecule has 0 heterocycles. The van der Waals surface area contributed by atoms with E-state index in [-0.39, 0.29) is 10.8 Å². The molecule has 3 aliphatic rings. The molecule has 0 saturated heterocycles. The Labute approximate surface area is 121 Å². The number of hydrogen-bond donors (Lipinski definition) is 1. The third kappa shape index (κ3) is 1.28. The molecule has 1 aromatic rings. The Morgan fingerprint density at radius 1 is 1.30 bits per heavy atom. The first-order valence-corrected chi connectivity index (χ1v) is 7.73. The molecule has 2 N–H and O–H groups in total. The molecule has 1 aromatic carbocycles. The zero-order valence-electron chi connectivity index (χ0n) is 12.4. The van der Waals surface area contributed by atoms with Gasteiger partial charge in [0.05, 0.1) is 7.11 Å². The summed E-state index contributed by atoms with van der Waals surface area (Å²) in [7, 11) is 1.75. The number of methoxy groups -OCH3 is 1. The van der Waals surface area contributed by atoms with Gasteiger partial charge < -0.3 is 10.5 Å². The molecule has 1 fully saturated rings. The molecule has 1 unspecified atom stereocenters. The van der Waals surface area contributed by atoms with Gasteiger partial charge in [-0.1, -0.05) is 25.1 Å². The van der Waals surface area contributed by atoms with Crippen LogP contribution in [0.2, 0.25) is 0 Å². The van der Waals surface area contributed by atoms with E-state index in [1.807, 2.05) is 0 Å². The van der Waals surface area contributed by atoms with Crippen molar-refractivity contribution in [1.82, 2.24) is 0 Å². The summed E-state index contributed by atoms with van der Waals surface area (Å²) in [4.78, 5) is 0. The highest BCUT2D eigenvalue weighted by molar-refractivity contribution is 5.48. The third-order valence-electron chi connectivity index (χ3n) is 6.42. The Bertz CT molecular complexity index is 593. The summed E-state index contributed by atoms with van der Waals surface area (Å²) in [5.41, 5.74) is 9.94. The average molecular weight is 269 g/mol. The number of aryl methyl sites for hydroxylation is 1. The van der Waals surface area contributed by atoms with Crippen LogP contribution in [0.1, 0.15) is 37.3 Å². The van der Waals surface area contributed by atoms with Gasteiger partial charge in [-0.05, 0) is 54.9 Å². The van der Waals surface area contributed by atoms with Gasteiger partial charge in [0, 0.05) is 16.9 Å². The van der Waals surface area contributed by atoms with Crippen LogP contribution in [0.4, 0.5) is 0 Å². The van der Waals surface area contributed by atoms with Crippen molar-refractivity contribution in [1.29, 1.82) is 0 Å². The Balaban J connectivity index is 1.92.